The van der Waals surface area contributed by atoms with Crippen LogP contribution in [-0.2, 0) is 25.2 Å². The number of nitrogens with zero attached hydrogens (tertiary/aromatic N) is 2. The molecule has 0 aliphatic heterocycles. The number of ether oxygens (including phenoxy) is 3. The van der Waals surface area contributed by atoms with E-state index >= 15 is 0 Å². The molecule has 0 spiro atoms. The highest BCUT2D eigenvalue weighted by atomic mass is 28.4. The smallest absolute Gasteiger partial charge is 0.407 e. The van der Waals surface area contributed by atoms with Crippen molar-refractivity contribution in [2.75, 3.05) is 13.2 Å². The second-order valence-corrected chi connectivity index (χ2v) is 18.6. The van der Waals surface area contributed by atoms with Gasteiger partial charge in [-0.2, -0.15) is 5.10 Å². The second kappa shape index (κ2) is 13.9. The number of aryl methyl sites for hydroxylation is 1. The Kier molecular flexibility index (Phi) is 11.6. The van der Waals surface area contributed by atoms with Gasteiger partial charge < -0.3 is 24.0 Å². The Morgan fingerprint density at radius 2 is 1.57 bits per heavy atom. The van der Waals surface area contributed by atoms with E-state index in [1.165, 1.54) is 0 Å². The van der Waals surface area contributed by atoms with E-state index in [0.29, 0.717) is 36.6 Å². The summed E-state index contributed by atoms with van der Waals surface area (Å²) in [5, 5.41) is 7.19. The normalized spacial score (nSPS) is 13.3. The molecule has 11 heteroatoms. The molecular formula is C31H49N3O7Si. The van der Waals surface area contributed by atoms with E-state index in [1.807, 2.05) is 32.9 Å². The van der Waals surface area contributed by atoms with E-state index in [9.17, 15) is 14.4 Å². The summed E-state index contributed by atoms with van der Waals surface area (Å²) in [6.45, 7) is 22.3. The number of hydrogen-bond donors (Lipinski definition) is 1. The van der Waals surface area contributed by atoms with Crippen LogP contribution in [0.2, 0.25) is 18.1 Å². The van der Waals surface area contributed by atoms with Gasteiger partial charge in [0.05, 0.1) is 5.69 Å². The maximum absolute atomic E-state index is 13.0. The van der Waals surface area contributed by atoms with Gasteiger partial charge in [-0.05, 0) is 96.4 Å². The summed E-state index contributed by atoms with van der Waals surface area (Å²) in [4.78, 5) is 36.5. The molecule has 2 rings (SSSR count). The predicted octanol–water partition coefficient (Wildman–Crippen LogP) is 6.39. The fourth-order valence-corrected chi connectivity index (χ4v) is 4.75. The number of benzene rings is 1. The number of esters is 1. The van der Waals surface area contributed by atoms with E-state index in [0.717, 1.165) is 11.8 Å². The Balaban J connectivity index is 2.06. The fraction of sp³-hybridized carbons (Fsp3) is 0.613. The molecule has 0 aliphatic rings. The molecule has 1 unspecified atom stereocenters. The lowest BCUT2D eigenvalue weighted by Crippen LogP contribution is -2.49. The lowest BCUT2D eigenvalue weighted by Gasteiger charge is -2.39. The number of alkyl carbamates (subject to hydrolysis) is 1. The third kappa shape index (κ3) is 11.2. The second-order valence-electron chi connectivity index (χ2n) is 13.8. The molecular weight excluding hydrogens is 554 g/mol. The van der Waals surface area contributed by atoms with Gasteiger partial charge in [0, 0.05) is 18.7 Å². The molecule has 1 aromatic heterocycles. The zero-order chi connectivity index (χ0) is 31.9. The molecule has 0 fully saturated rings. The summed E-state index contributed by atoms with van der Waals surface area (Å²) >= 11 is 0. The van der Waals surface area contributed by atoms with Crippen LogP contribution in [0.3, 0.4) is 0 Å². The Labute approximate surface area is 251 Å². The third-order valence-corrected chi connectivity index (χ3v) is 11.1. The molecule has 234 valence electrons. The minimum absolute atomic E-state index is 0.0159. The lowest BCUT2D eigenvalue weighted by atomic mass is 10.1. The molecule has 0 aliphatic carbocycles. The molecule has 2 aromatic rings. The van der Waals surface area contributed by atoms with Crippen molar-refractivity contribution in [3.63, 3.8) is 0 Å². The Morgan fingerprint density at radius 1 is 0.976 bits per heavy atom. The number of amides is 1. The zero-order valence-electron chi connectivity index (χ0n) is 27.1. The molecule has 1 N–H and O–H groups in total. The highest BCUT2D eigenvalue weighted by Crippen LogP contribution is 2.37. The van der Waals surface area contributed by atoms with Crippen molar-refractivity contribution in [3.05, 3.63) is 36.0 Å². The maximum Gasteiger partial charge on any atom is 0.407 e. The minimum atomic E-state index is -2.28. The first-order chi connectivity index (χ1) is 19.2. The molecule has 1 aromatic carbocycles. The fourth-order valence-electron chi connectivity index (χ4n) is 3.52. The standard InChI is InChI=1S/C31H49N3O7Si/c1-29(2,3)39-27(36)26(41-42(10,11)31(7,8)9)21-38-24-15-13-22(14-16-24)25-19-23(20-35)34(33-25)18-12-17-32-28(37)40-30(4,5)6/h13-16,19-20,26H,12,17-18,21H2,1-11H3,(H,32,37). The molecule has 0 bridgehead atoms. The zero-order valence-corrected chi connectivity index (χ0v) is 28.1. The molecule has 0 radical (unpaired) electrons. The predicted molar refractivity (Wildman–Crippen MR) is 165 cm³/mol. The summed E-state index contributed by atoms with van der Waals surface area (Å²) in [7, 11) is -2.28. The maximum atomic E-state index is 13.0. The Hall–Kier alpha value is -3.18. The molecule has 10 nitrogen and oxygen atoms in total. The number of hydrogen-bond acceptors (Lipinski definition) is 8. The SMILES string of the molecule is CC(C)(C)OC(=O)NCCCn1nc(-c2ccc(OCC(O[Si](C)(C)C(C)(C)C)C(=O)OC(C)(C)C)cc2)cc1C=O. The minimum Gasteiger partial charge on any atom is -0.490 e. The van der Waals surface area contributed by atoms with Crippen LogP contribution in [-0.4, -0.2) is 66.9 Å². The van der Waals surface area contributed by atoms with Crippen molar-refractivity contribution >= 4 is 26.7 Å². The van der Waals surface area contributed by atoms with Crippen LogP contribution in [0, 0.1) is 0 Å². The average Bonchev–Trinajstić information content (AvgIpc) is 3.25. The lowest BCUT2D eigenvalue weighted by molar-refractivity contribution is -0.165. The van der Waals surface area contributed by atoms with Gasteiger partial charge in [-0.15, -0.1) is 0 Å². The first-order valence-corrected chi connectivity index (χ1v) is 17.3. The molecule has 1 heterocycles. The third-order valence-electron chi connectivity index (χ3n) is 6.61. The van der Waals surface area contributed by atoms with Crippen molar-refractivity contribution < 1.29 is 33.0 Å². The number of nitrogens with one attached hydrogen (secondary N) is 1. The van der Waals surface area contributed by atoms with E-state index in [-0.39, 0.29) is 11.6 Å². The average molecular weight is 604 g/mol. The van der Waals surface area contributed by atoms with Crippen LogP contribution < -0.4 is 10.1 Å². The van der Waals surface area contributed by atoms with E-state index in [1.54, 1.807) is 43.7 Å². The number of aromatic nitrogens is 2. The van der Waals surface area contributed by atoms with Crippen LogP contribution in [0.15, 0.2) is 30.3 Å². The highest BCUT2D eigenvalue weighted by molar-refractivity contribution is 6.74. The van der Waals surface area contributed by atoms with Gasteiger partial charge in [0.1, 0.15) is 29.3 Å². The number of carbonyl (C=O) groups excluding carboxylic acids is 3. The molecule has 1 amide bonds. The van der Waals surface area contributed by atoms with E-state index in [4.69, 9.17) is 18.6 Å². The Morgan fingerprint density at radius 3 is 2.10 bits per heavy atom. The van der Waals surface area contributed by atoms with Gasteiger partial charge in [-0.1, -0.05) is 20.8 Å². The van der Waals surface area contributed by atoms with Gasteiger partial charge >= 0.3 is 12.1 Å². The van der Waals surface area contributed by atoms with Crippen LogP contribution in [0.4, 0.5) is 4.79 Å². The summed E-state index contributed by atoms with van der Waals surface area (Å²) < 4.78 is 24.9. The molecule has 1 atom stereocenters. The highest BCUT2D eigenvalue weighted by Gasteiger charge is 2.42. The first-order valence-electron chi connectivity index (χ1n) is 14.3. The molecule has 42 heavy (non-hydrogen) atoms. The van der Waals surface area contributed by atoms with Gasteiger partial charge in [0.15, 0.2) is 20.7 Å². The summed E-state index contributed by atoms with van der Waals surface area (Å²) in [5.41, 5.74) is 0.663. The van der Waals surface area contributed by atoms with Crippen LogP contribution in [0.1, 0.15) is 79.2 Å². The first kappa shape index (κ1) is 35.0. The quantitative estimate of drug-likeness (QED) is 0.128. The van der Waals surface area contributed by atoms with Crippen LogP contribution in [0.5, 0.6) is 5.75 Å². The molecule has 0 saturated heterocycles. The monoisotopic (exact) mass is 603 g/mol. The van der Waals surface area contributed by atoms with Crippen molar-refractivity contribution in [1.29, 1.82) is 0 Å². The van der Waals surface area contributed by atoms with E-state index in [2.05, 4.69) is 44.3 Å². The Bertz CT molecular complexity index is 1200. The topological polar surface area (TPSA) is 118 Å². The summed E-state index contributed by atoms with van der Waals surface area (Å²) in [6, 6.07) is 8.99. The number of rotatable bonds is 12. The number of aldehydes is 1. The van der Waals surface area contributed by atoms with Crippen LogP contribution in [0.25, 0.3) is 11.3 Å². The largest absolute Gasteiger partial charge is 0.490 e. The van der Waals surface area contributed by atoms with Crippen LogP contribution >= 0.6 is 0 Å². The van der Waals surface area contributed by atoms with Crippen molar-refractivity contribution in [2.24, 2.45) is 0 Å². The number of carbonyl (C=O) groups is 3. The van der Waals surface area contributed by atoms with Gasteiger partial charge in [-0.3, -0.25) is 9.48 Å². The van der Waals surface area contributed by atoms with Gasteiger partial charge in [0.25, 0.3) is 0 Å². The summed E-state index contributed by atoms with van der Waals surface area (Å²) in [5.74, 6) is 0.117. The molecule has 0 saturated carbocycles. The van der Waals surface area contributed by atoms with Gasteiger partial charge in [0.2, 0.25) is 0 Å². The van der Waals surface area contributed by atoms with E-state index < -0.39 is 37.7 Å². The van der Waals surface area contributed by atoms with Crippen molar-refractivity contribution in [1.82, 2.24) is 15.1 Å². The van der Waals surface area contributed by atoms with Crippen molar-refractivity contribution in [3.8, 4) is 17.0 Å². The van der Waals surface area contributed by atoms with Crippen molar-refractivity contribution in [2.45, 2.75) is 111 Å². The van der Waals surface area contributed by atoms with Gasteiger partial charge in [-0.25, -0.2) is 9.59 Å². The summed E-state index contributed by atoms with van der Waals surface area (Å²) in [6.07, 6.45) is -0.0101.